The van der Waals surface area contributed by atoms with Crippen molar-refractivity contribution in [3.63, 3.8) is 0 Å². The molecule has 0 aliphatic heterocycles. The van der Waals surface area contributed by atoms with Gasteiger partial charge in [-0.25, -0.2) is 4.79 Å². The predicted molar refractivity (Wildman–Crippen MR) is 109 cm³/mol. The maximum Gasteiger partial charge on any atom is 0.338 e. The summed E-state index contributed by atoms with van der Waals surface area (Å²) in [5.41, 5.74) is 0.919. The van der Waals surface area contributed by atoms with E-state index in [2.05, 4.69) is 5.32 Å². The molecule has 0 bridgehead atoms. The third-order valence-electron chi connectivity index (χ3n) is 4.51. The average Bonchev–Trinajstić information content (AvgIpc) is 3.51. The molecular weight excluding hydrogens is 374 g/mol. The molecular formula is C21H23N3O5. The van der Waals surface area contributed by atoms with E-state index >= 15 is 0 Å². The van der Waals surface area contributed by atoms with E-state index in [-0.39, 0.29) is 29.2 Å². The number of benzene rings is 2. The van der Waals surface area contributed by atoms with Gasteiger partial charge in [0.1, 0.15) is 5.69 Å². The lowest BCUT2D eigenvalue weighted by atomic mass is 10.1. The van der Waals surface area contributed by atoms with E-state index in [0.29, 0.717) is 11.4 Å². The number of nitrogens with zero attached hydrogens (tertiary/aromatic N) is 2. The molecule has 1 fully saturated rings. The van der Waals surface area contributed by atoms with Gasteiger partial charge in [-0.1, -0.05) is 18.2 Å². The lowest BCUT2D eigenvalue weighted by molar-refractivity contribution is -0.384. The zero-order valence-electron chi connectivity index (χ0n) is 16.3. The smallest absolute Gasteiger partial charge is 0.338 e. The Morgan fingerprint density at radius 1 is 1.21 bits per heavy atom. The van der Waals surface area contributed by atoms with Gasteiger partial charge < -0.3 is 15.0 Å². The summed E-state index contributed by atoms with van der Waals surface area (Å²) < 4.78 is 5.14. The number of hydrogen-bond donors (Lipinski definition) is 1. The van der Waals surface area contributed by atoms with E-state index < -0.39 is 17.5 Å². The summed E-state index contributed by atoms with van der Waals surface area (Å²) in [7, 11) is 0. The summed E-state index contributed by atoms with van der Waals surface area (Å²) in [5.74, 6) is -1.16. The number of nitrogens with one attached hydrogen (secondary N) is 1. The fourth-order valence-corrected chi connectivity index (χ4v) is 2.98. The van der Waals surface area contributed by atoms with Crippen molar-refractivity contribution in [2.75, 3.05) is 16.8 Å². The first-order chi connectivity index (χ1) is 13.9. The molecule has 1 amide bonds. The monoisotopic (exact) mass is 397 g/mol. The number of carbonyl (C=O) groups is 2. The second-order valence-corrected chi connectivity index (χ2v) is 7.18. The van der Waals surface area contributed by atoms with Gasteiger partial charge in [-0.15, -0.1) is 0 Å². The normalized spacial score (nSPS) is 13.1. The minimum absolute atomic E-state index is 0.0293. The van der Waals surface area contributed by atoms with Crippen LogP contribution in [0.2, 0.25) is 0 Å². The molecule has 1 N–H and O–H groups in total. The molecule has 3 rings (SSSR count). The summed E-state index contributed by atoms with van der Waals surface area (Å²) in [6, 6.07) is 13.3. The maximum atomic E-state index is 12.6. The van der Waals surface area contributed by atoms with Crippen molar-refractivity contribution in [3.05, 3.63) is 64.2 Å². The fourth-order valence-electron chi connectivity index (χ4n) is 2.98. The summed E-state index contributed by atoms with van der Waals surface area (Å²) in [5, 5.41) is 14.4. The molecule has 0 saturated heterocycles. The van der Waals surface area contributed by atoms with E-state index in [0.717, 1.165) is 12.8 Å². The predicted octanol–water partition coefficient (Wildman–Crippen LogP) is 3.77. The van der Waals surface area contributed by atoms with Crippen LogP contribution in [0.3, 0.4) is 0 Å². The minimum Gasteiger partial charge on any atom is -0.452 e. The number of amides is 1. The van der Waals surface area contributed by atoms with Crippen LogP contribution in [-0.2, 0) is 9.53 Å². The van der Waals surface area contributed by atoms with Crippen LogP contribution in [0.15, 0.2) is 48.5 Å². The molecule has 8 nitrogen and oxygen atoms in total. The van der Waals surface area contributed by atoms with Crippen LogP contribution >= 0.6 is 0 Å². The van der Waals surface area contributed by atoms with Crippen molar-refractivity contribution < 1.29 is 19.2 Å². The third kappa shape index (κ3) is 5.10. The standard InChI is InChI=1S/C21H23N3O5/c1-14(2)23(17-6-4-3-5-7-17)20(25)13-29-21(26)15-8-11-18(22-16-9-10-16)19(12-15)24(27)28/h3-8,11-12,14,16,22H,9-10,13H2,1-2H3. The molecule has 1 saturated carbocycles. The zero-order valence-corrected chi connectivity index (χ0v) is 16.3. The second kappa shape index (κ2) is 8.72. The molecule has 0 aromatic heterocycles. The Morgan fingerprint density at radius 3 is 2.48 bits per heavy atom. The van der Waals surface area contributed by atoms with Crippen molar-refractivity contribution in [2.24, 2.45) is 0 Å². The molecule has 2 aromatic carbocycles. The topological polar surface area (TPSA) is 102 Å². The van der Waals surface area contributed by atoms with Gasteiger partial charge in [0.2, 0.25) is 0 Å². The van der Waals surface area contributed by atoms with E-state index in [1.807, 2.05) is 32.0 Å². The van der Waals surface area contributed by atoms with Gasteiger partial charge in [0.15, 0.2) is 6.61 Å². The number of carbonyl (C=O) groups excluding carboxylic acids is 2. The molecule has 29 heavy (non-hydrogen) atoms. The first-order valence-electron chi connectivity index (χ1n) is 9.46. The Balaban J connectivity index is 1.68. The zero-order chi connectivity index (χ0) is 21.0. The van der Waals surface area contributed by atoms with Crippen molar-refractivity contribution in [3.8, 4) is 0 Å². The van der Waals surface area contributed by atoms with Gasteiger partial charge in [-0.2, -0.15) is 0 Å². The van der Waals surface area contributed by atoms with Crippen LogP contribution in [0.25, 0.3) is 0 Å². The largest absolute Gasteiger partial charge is 0.452 e. The Bertz CT molecular complexity index is 910. The molecule has 152 valence electrons. The number of rotatable bonds is 8. The number of hydrogen-bond acceptors (Lipinski definition) is 6. The maximum absolute atomic E-state index is 12.6. The average molecular weight is 397 g/mol. The first kappa shape index (κ1) is 20.3. The summed E-state index contributed by atoms with van der Waals surface area (Å²) in [6.07, 6.45) is 1.94. The van der Waals surface area contributed by atoms with Crippen LogP contribution in [0.5, 0.6) is 0 Å². The van der Waals surface area contributed by atoms with Crippen molar-refractivity contribution >= 4 is 28.9 Å². The summed E-state index contributed by atoms with van der Waals surface area (Å²) in [6.45, 7) is 3.27. The fraction of sp³-hybridized carbons (Fsp3) is 0.333. The highest BCUT2D eigenvalue weighted by Gasteiger charge is 2.26. The van der Waals surface area contributed by atoms with Gasteiger partial charge in [0.05, 0.1) is 10.5 Å². The molecule has 0 atom stereocenters. The Morgan fingerprint density at radius 2 is 1.90 bits per heavy atom. The molecule has 8 heteroatoms. The Kier molecular flexibility index (Phi) is 6.11. The van der Waals surface area contributed by atoms with Crippen molar-refractivity contribution in [1.82, 2.24) is 0 Å². The van der Waals surface area contributed by atoms with Crippen LogP contribution in [0.1, 0.15) is 37.0 Å². The molecule has 1 aliphatic rings. The van der Waals surface area contributed by atoms with Crippen LogP contribution < -0.4 is 10.2 Å². The van der Waals surface area contributed by atoms with E-state index in [9.17, 15) is 19.7 Å². The first-order valence-corrected chi connectivity index (χ1v) is 9.46. The van der Waals surface area contributed by atoms with Crippen molar-refractivity contribution in [1.29, 1.82) is 0 Å². The molecule has 0 heterocycles. The van der Waals surface area contributed by atoms with Gasteiger partial charge in [0, 0.05) is 23.8 Å². The van der Waals surface area contributed by atoms with Crippen LogP contribution in [-0.4, -0.2) is 35.5 Å². The highest BCUT2D eigenvalue weighted by molar-refractivity contribution is 5.98. The summed E-state index contributed by atoms with van der Waals surface area (Å²) >= 11 is 0. The molecule has 2 aromatic rings. The van der Waals surface area contributed by atoms with E-state index in [4.69, 9.17) is 4.74 Å². The van der Waals surface area contributed by atoms with Gasteiger partial charge in [-0.3, -0.25) is 14.9 Å². The molecule has 0 unspecified atom stereocenters. The van der Waals surface area contributed by atoms with Gasteiger partial charge in [-0.05, 0) is 51.0 Å². The van der Waals surface area contributed by atoms with Gasteiger partial charge in [0.25, 0.3) is 11.6 Å². The van der Waals surface area contributed by atoms with Crippen LogP contribution in [0.4, 0.5) is 17.1 Å². The summed E-state index contributed by atoms with van der Waals surface area (Å²) in [4.78, 5) is 37.3. The lowest BCUT2D eigenvalue weighted by Crippen LogP contribution is -2.39. The number of anilines is 2. The lowest BCUT2D eigenvalue weighted by Gasteiger charge is -2.26. The van der Waals surface area contributed by atoms with Crippen molar-refractivity contribution in [2.45, 2.75) is 38.8 Å². The van der Waals surface area contributed by atoms with Gasteiger partial charge >= 0.3 is 5.97 Å². The SMILES string of the molecule is CC(C)N(C(=O)COC(=O)c1ccc(NC2CC2)c([N+](=O)[O-])c1)c1ccccc1. The Labute approximate surface area is 168 Å². The molecule has 0 spiro atoms. The number of nitro benzene ring substituents is 1. The molecule has 1 aliphatic carbocycles. The minimum atomic E-state index is -0.781. The molecule has 0 radical (unpaired) electrons. The van der Waals surface area contributed by atoms with Crippen LogP contribution in [0, 0.1) is 10.1 Å². The number of esters is 1. The number of ether oxygens (including phenoxy) is 1. The Hall–Kier alpha value is -3.42. The van der Waals surface area contributed by atoms with E-state index in [1.165, 1.54) is 18.2 Å². The number of nitro groups is 1. The second-order valence-electron chi connectivity index (χ2n) is 7.18. The third-order valence-corrected chi connectivity index (χ3v) is 4.51. The highest BCUT2D eigenvalue weighted by Crippen LogP contribution is 2.31. The van der Waals surface area contributed by atoms with E-state index in [1.54, 1.807) is 17.0 Å². The quantitative estimate of drug-likeness (QED) is 0.413. The highest BCUT2D eigenvalue weighted by atomic mass is 16.6. The number of para-hydroxylation sites is 1.